The van der Waals surface area contributed by atoms with Gasteiger partial charge in [-0.05, 0) is 34.2 Å². The Morgan fingerprint density at radius 1 is 0.633 bits per heavy atom. The molecule has 0 N–H and O–H groups in total. The van der Waals surface area contributed by atoms with Crippen molar-refractivity contribution in [2.45, 2.75) is 29.1 Å². The molecule has 4 aromatic carbocycles. The Kier molecular flexibility index (Phi) is 3.15. The molecule has 3 aliphatic heterocycles. The summed E-state index contributed by atoms with van der Waals surface area (Å²) in [5.74, 6) is 0. The molecule has 0 fully saturated rings. The van der Waals surface area contributed by atoms with Crippen molar-refractivity contribution < 1.29 is 0 Å². The smallest absolute Gasteiger partial charge is 0.246 e. The van der Waals surface area contributed by atoms with E-state index in [2.05, 4.69) is 104 Å². The highest BCUT2D eigenvalue weighted by atomic mass is 32.2. The second-order valence-electron chi connectivity index (χ2n) is 9.00. The lowest BCUT2D eigenvalue weighted by atomic mass is 9.34. The summed E-state index contributed by atoms with van der Waals surface area (Å²) in [5, 5.41) is 0. The van der Waals surface area contributed by atoms with Crippen molar-refractivity contribution in [2.24, 2.45) is 0 Å². The van der Waals surface area contributed by atoms with Gasteiger partial charge in [0, 0.05) is 20.9 Å². The van der Waals surface area contributed by atoms with Gasteiger partial charge in [0.2, 0.25) is 6.71 Å². The van der Waals surface area contributed by atoms with Crippen LogP contribution in [-0.4, -0.2) is 6.71 Å². The van der Waals surface area contributed by atoms with Crippen LogP contribution in [0.3, 0.4) is 0 Å². The van der Waals surface area contributed by atoms with Crippen LogP contribution in [-0.2, 0) is 5.41 Å². The topological polar surface area (TPSA) is 3.24 Å². The highest BCUT2D eigenvalue weighted by Crippen LogP contribution is 2.59. The lowest BCUT2D eigenvalue weighted by Crippen LogP contribution is -2.59. The van der Waals surface area contributed by atoms with E-state index in [4.69, 9.17) is 0 Å². The third kappa shape index (κ3) is 1.92. The summed E-state index contributed by atoms with van der Waals surface area (Å²) in [6.45, 7) is 5.03. The Morgan fingerprint density at radius 3 is 2.00 bits per heavy atom. The zero-order valence-corrected chi connectivity index (χ0v) is 17.8. The number of rotatable bonds is 1. The van der Waals surface area contributed by atoms with E-state index in [0.717, 1.165) is 0 Å². The largest absolute Gasteiger partial charge is 0.309 e. The minimum atomic E-state index is -0.0290. The Morgan fingerprint density at radius 2 is 1.23 bits per heavy atom. The molecule has 7 rings (SSSR count). The van der Waals surface area contributed by atoms with Gasteiger partial charge in [-0.25, -0.2) is 0 Å². The van der Waals surface area contributed by atoms with Gasteiger partial charge in [-0.2, -0.15) is 0 Å². The molecule has 0 spiro atoms. The van der Waals surface area contributed by atoms with E-state index >= 15 is 0 Å². The van der Waals surface area contributed by atoms with Crippen LogP contribution in [0.4, 0.5) is 17.1 Å². The van der Waals surface area contributed by atoms with Crippen LogP contribution in [0.15, 0.2) is 94.7 Å². The number of hydrogen-bond acceptors (Lipinski definition) is 2. The average Bonchev–Trinajstić information content (AvgIpc) is 2.78. The van der Waals surface area contributed by atoms with Crippen LogP contribution in [0.1, 0.15) is 25.0 Å². The second kappa shape index (κ2) is 5.62. The Labute approximate surface area is 181 Å². The lowest BCUT2D eigenvalue weighted by molar-refractivity contribution is 0.629. The normalized spacial score (nSPS) is 16.3. The number of nitrogens with zero attached hydrogens (tertiary/aromatic N) is 1. The maximum atomic E-state index is 2.58. The summed E-state index contributed by atoms with van der Waals surface area (Å²) in [4.78, 5) is 5.31. The molecule has 0 saturated heterocycles. The fourth-order valence-corrected chi connectivity index (χ4v) is 6.89. The molecular formula is C27H20BNS. The van der Waals surface area contributed by atoms with E-state index in [1.807, 2.05) is 11.8 Å². The zero-order valence-electron chi connectivity index (χ0n) is 17.0. The van der Waals surface area contributed by atoms with Gasteiger partial charge in [0.25, 0.3) is 0 Å². The molecule has 0 saturated carbocycles. The first-order valence-electron chi connectivity index (χ1n) is 10.6. The summed E-state index contributed by atoms with van der Waals surface area (Å²) in [6, 6.07) is 31.6. The lowest BCUT2D eigenvalue weighted by Gasteiger charge is -2.49. The Bertz CT molecular complexity index is 1360. The summed E-state index contributed by atoms with van der Waals surface area (Å²) in [7, 11) is 0. The minimum Gasteiger partial charge on any atom is -0.309 e. The second-order valence-corrected chi connectivity index (χ2v) is 10.1. The number of hydrogen-bond donors (Lipinski definition) is 0. The number of para-hydroxylation sites is 3. The van der Waals surface area contributed by atoms with Gasteiger partial charge in [-0.15, -0.1) is 0 Å². The van der Waals surface area contributed by atoms with E-state index in [0.29, 0.717) is 0 Å². The van der Waals surface area contributed by atoms with Gasteiger partial charge in [0.05, 0.1) is 11.4 Å². The van der Waals surface area contributed by atoms with Crippen LogP contribution >= 0.6 is 11.8 Å². The molecule has 0 unspecified atom stereocenters. The monoisotopic (exact) mass is 401 g/mol. The van der Waals surface area contributed by atoms with Gasteiger partial charge in [0.1, 0.15) is 0 Å². The molecule has 0 atom stereocenters. The predicted molar refractivity (Wildman–Crippen MR) is 128 cm³/mol. The van der Waals surface area contributed by atoms with Crippen LogP contribution in [0.2, 0.25) is 0 Å². The molecule has 0 amide bonds. The molecule has 3 aliphatic rings. The van der Waals surface area contributed by atoms with Crippen LogP contribution in [0.25, 0.3) is 0 Å². The highest BCUT2D eigenvalue weighted by Gasteiger charge is 2.47. The van der Waals surface area contributed by atoms with Crippen molar-refractivity contribution in [3.05, 3.63) is 96.1 Å². The molecule has 1 nitrogen and oxygen atoms in total. The molecule has 142 valence electrons. The zero-order chi connectivity index (χ0) is 20.0. The fraction of sp³-hybridized carbons (Fsp3) is 0.111. The quantitative estimate of drug-likeness (QED) is 0.353. The number of anilines is 3. The minimum absolute atomic E-state index is 0.0290. The number of benzene rings is 4. The van der Waals surface area contributed by atoms with Crippen molar-refractivity contribution in [1.82, 2.24) is 0 Å². The molecule has 4 aromatic rings. The molecule has 30 heavy (non-hydrogen) atoms. The van der Waals surface area contributed by atoms with E-state index in [1.165, 1.54) is 54.4 Å². The SMILES string of the molecule is CC1(C)c2cccc3c2N2c4c(cccc4B(c4ccccc4)c4cccc1c42)S3. The first-order chi connectivity index (χ1) is 14.7. The summed E-state index contributed by atoms with van der Waals surface area (Å²) in [6.07, 6.45) is 0. The van der Waals surface area contributed by atoms with E-state index in [1.54, 1.807) is 0 Å². The van der Waals surface area contributed by atoms with Gasteiger partial charge in [0.15, 0.2) is 0 Å². The highest BCUT2D eigenvalue weighted by molar-refractivity contribution is 7.99. The van der Waals surface area contributed by atoms with Gasteiger partial charge in [-0.1, -0.05) is 104 Å². The van der Waals surface area contributed by atoms with Crippen molar-refractivity contribution in [1.29, 1.82) is 0 Å². The molecule has 0 aliphatic carbocycles. The maximum Gasteiger partial charge on any atom is 0.246 e. The predicted octanol–water partition coefficient (Wildman–Crippen LogP) is 5.09. The molecular weight excluding hydrogens is 381 g/mol. The van der Waals surface area contributed by atoms with Crippen LogP contribution in [0.5, 0.6) is 0 Å². The van der Waals surface area contributed by atoms with Gasteiger partial charge in [-0.3, -0.25) is 0 Å². The maximum absolute atomic E-state index is 2.58. The van der Waals surface area contributed by atoms with Crippen molar-refractivity contribution in [3.63, 3.8) is 0 Å². The van der Waals surface area contributed by atoms with Gasteiger partial charge < -0.3 is 4.90 Å². The van der Waals surface area contributed by atoms with Gasteiger partial charge >= 0.3 is 0 Å². The summed E-state index contributed by atoms with van der Waals surface area (Å²) in [5.41, 5.74) is 11.2. The fourth-order valence-electron chi connectivity index (χ4n) is 5.75. The third-order valence-electron chi connectivity index (χ3n) is 7.09. The van der Waals surface area contributed by atoms with E-state index in [-0.39, 0.29) is 12.1 Å². The summed E-state index contributed by atoms with van der Waals surface area (Å²) < 4.78 is 0. The summed E-state index contributed by atoms with van der Waals surface area (Å²) >= 11 is 1.92. The van der Waals surface area contributed by atoms with Crippen molar-refractivity contribution in [3.8, 4) is 0 Å². The molecule has 0 bridgehead atoms. The van der Waals surface area contributed by atoms with Crippen LogP contribution < -0.4 is 21.3 Å². The molecule has 0 aromatic heterocycles. The standard InChI is InChI=1S/C27H20BNS/c1-27(2)18-11-6-13-20-24(18)29-25-19(27)12-7-15-22(25)30-23-16-8-14-21(26(23)29)28(20)17-9-4-3-5-10-17/h3-16H,1-2H3. The molecule has 0 radical (unpaired) electrons. The van der Waals surface area contributed by atoms with E-state index in [9.17, 15) is 0 Å². The first kappa shape index (κ1) is 16.8. The van der Waals surface area contributed by atoms with Crippen molar-refractivity contribution in [2.75, 3.05) is 4.90 Å². The first-order valence-corrected chi connectivity index (χ1v) is 11.4. The molecule has 3 heterocycles. The van der Waals surface area contributed by atoms with Crippen LogP contribution in [0, 0.1) is 0 Å². The Hall–Kier alpha value is -2.91. The average molecular weight is 401 g/mol. The van der Waals surface area contributed by atoms with E-state index < -0.39 is 0 Å². The third-order valence-corrected chi connectivity index (χ3v) is 8.19. The Balaban J connectivity index is 1.66. The molecule has 3 heteroatoms. The van der Waals surface area contributed by atoms with Crippen molar-refractivity contribution >= 4 is 51.9 Å².